The van der Waals surface area contributed by atoms with Gasteiger partial charge in [0.1, 0.15) is 11.4 Å². The van der Waals surface area contributed by atoms with Crippen LogP contribution in [0, 0.1) is 0 Å². The Bertz CT molecular complexity index is 1080. The van der Waals surface area contributed by atoms with Crippen molar-refractivity contribution < 1.29 is 19.1 Å². The van der Waals surface area contributed by atoms with Gasteiger partial charge >= 0.3 is 6.01 Å². The zero-order valence-electron chi connectivity index (χ0n) is 18.9. The normalized spacial score (nSPS) is 11.4. The van der Waals surface area contributed by atoms with Crippen LogP contribution in [-0.2, 0) is 6.42 Å². The quantitative estimate of drug-likeness (QED) is 0.506. The van der Waals surface area contributed by atoms with Gasteiger partial charge < -0.3 is 19.7 Å². The van der Waals surface area contributed by atoms with Crippen LogP contribution < -0.4 is 14.8 Å². The molecule has 0 saturated carbocycles. The van der Waals surface area contributed by atoms with Gasteiger partial charge in [-0.2, -0.15) is 4.98 Å². The van der Waals surface area contributed by atoms with Crippen molar-refractivity contribution in [3.05, 3.63) is 77.7 Å². The number of ether oxygens (including phenoxy) is 2. The second-order valence-corrected chi connectivity index (χ2v) is 7.30. The van der Waals surface area contributed by atoms with Gasteiger partial charge in [-0.3, -0.25) is 9.59 Å². The highest BCUT2D eigenvalue weighted by Gasteiger charge is 2.23. The third-order valence-electron chi connectivity index (χ3n) is 5.15. The van der Waals surface area contributed by atoms with E-state index in [0.29, 0.717) is 25.3 Å². The second kappa shape index (κ2) is 11.6. The summed E-state index contributed by atoms with van der Waals surface area (Å²) in [5, 5.41) is 2.88. The maximum absolute atomic E-state index is 13.1. The number of rotatable bonds is 10. The van der Waals surface area contributed by atoms with Crippen LogP contribution in [0.4, 0.5) is 0 Å². The lowest BCUT2D eigenvalue weighted by Crippen LogP contribution is -2.41. The molecule has 0 saturated heterocycles. The molecule has 3 rings (SSSR count). The van der Waals surface area contributed by atoms with Crippen molar-refractivity contribution in [2.75, 3.05) is 27.8 Å². The van der Waals surface area contributed by atoms with E-state index in [2.05, 4.69) is 20.3 Å². The van der Waals surface area contributed by atoms with Crippen LogP contribution in [0.5, 0.6) is 11.9 Å². The van der Waals surface area contributed by atoms with Gasteiger partial charge in [-0.05, 0) is 30.5 Å². The molecule has 9 nitrogen and oxygen atoms in total. The molecule has 0 spiro atoms. The Morgan fingerprint density at radius 2 is 1.76 bits per heavy atom. The number of nitrogens with zero attached hydrogens (tertiary/aromatic N) is 4. The molecular weight excluding hydrogens is 422 g/mol. The first-order valence-corrected chi connectivity index (χ1v) is 10.5. The van der Waals surface area contributed by atoms with Crippen LogP contribution in [0.3, 0.4) is 0 Å². The average molecular weight is 450 g/mol. The summed E-state index contributed by atoms with van der Waals surface area (Å²) >= 11 is 0. The van der Waals surface area contributed by atoms with E-state index in [0.717, 1.165) is 5.56 Å². The van der Waals surface area contributed by atoms with Crippen molar-refractivity contribution >= 4 is 11.8 Å². The molecule has 0 aliphatic carbocycles. The van der Waals surface area contributed by atoms with E-state index >= 15 is 0 Å². The molecule has 172 valence electrons. The summed E-state index contributed by atoms with van der Waals surface area (Å²) in [6.07, 6.45) is 2.65. The molecule has 0 aliphatic rings. The fourth-order valence-electron chi connectivity index (χ4n) is 3.32. The lowest BCUT2D eigenvalue weighted by atomic mass is 10.0. The second-order valence-electron chi connectivity index (χ2n) is 7.30. The molecule has 0 fully saturated rings. The Morgan fingerprint density at radius 3 is 2.48 bits per heavy atom. The predicted molar refractivity (Wildman–Crippen MR) is 122 cm³/mol. The van der Waals surface area contributed by atoms with Gasteiger partial charge in [-0.15, -0.1) is 0 Å². The topological polar surface area (TPSA) is 107 Å². The number of aromatic nitrogens is 3. The van der Waals surface area contributed by atoms with Gasteiger partial charge in [0, 0.05) is 31.9 Å². The number of benzene rings is 1. The third-order valence-corrected chi connectivity index (χ3v) is 5.15. The third kappa shape index (κ3) is 6.49. The van der Waals surface area contributed by atoms with E-state index < -0.39 is 0 Å². The monoisotopic (exact) mass is 449 g/mol. The van der Waals surface area contributed by atoms with Crippen molar-refractivity contribution in [1.82, 2.24) is 25.2 Å². The Hall–Kier alpha value is -4.01. The minimum absolute atomic E-state index is 0.131. The number of pyridine rings is 1. The highest BCUT2D eigenvalue weighted by atomic mass is 16.5. The van der Waals surface area contributed by atoms with E-state index in [9.17, 15) is 9.59 Å². The summed E-state index contributed by atoms with van der Waals surface area (Å²) in [5.74, 6) is -0.186. The first-order chi connectivity index (χ1) is 16.0. The summed E-state index contributed by atoms with van der Waals surface area (Å²) in [6, 6.07) is 16.4. The van der Waals surface area contributed by atoms with Crippen molar-refractivity contribution in [1.29, 1.82) is 0 Å². The highest BCUT2D eigenvalue weighted by Crippen LogP contribution is 2.15. The first kappa shape index (κ1) is 23.6. The molecule has 1 N–H and O–H groups in total. The lowest BCUT2D eigenvalue weighted by Gasteiger charge is -2.28. The maximum Gasteiger partial charge on any atom is 0.316 e. The molecule has 3 aromatic rings. The standard InChI is InChI=1S/C24H27N5O4/c1-29(23(31)20-13-15-26-24(28-20)33-3)18(16-17-8-5-4-6-9-17)12-14-25-22(30)19-10-7-11-21(27-19)32-2/h4-11,13,15,18H,12,14,16H2,1-3H3,(H,25,30)/t18-/m1/s1. The zero-order chi connectivity index (χ0) is 23.6. The number of hydrogen-bond donors (Lipinski definition) is 1. The molecule has 0 unspecified atom stereocenters. The molecule has 0 bridgehead atoms. The number of likely N-dealkylation sites (N-methyl/N-ethyl adjacent to an activating group) is 1. The average Bonchev–Trinajstić information content (AvgIpc) is 2.87. The Labute approximate surface area is 192 Å². The highest BCUT2D eigenvalue weighted by molar-refractivity contribution is 5.93. The molecule has 9 heteroatoms. The molecule has 1 aromatic carbocycles. The minimum Gasteiger partial charge on any atom is -0.481 e. The lowest BCUT2D eigenvalue weighted by molar-refractivity contribution is 0.0715. The smallest absolute Gasteiger partial charge is 0.316 e. The van der Waals surface area contributed by atoms with E-state index in [4.69, 9.17) is 9.47 Å². The Kier molecular flexibility index (Phi) is 8.29. The van der Waals surface area contributed by atoms with Crippen molar-refractivity contribution in [3.8, 4) is 11.9 Å². The summed E-state index contributed by atoms with van der Waals surface area (Å²) < 4.78 is 10.1. The number of hydrogen-bond acceptors (Lipinski definition) is 7. The Balaban J connectivity index is 1.70. The molecule has 33 heavy (non-hydrogen) atoms. The van der Waals surface area contributed by atoms with Crippen LogP contribution in [0.15, 0.2) is 60.8 Å². The first-order valence-electron chi connectivity index (χ1n) is 10.5. The molecular formula is C24H27N5O4. The fourth-order valence-corrected chi connectivity index (χ4v) is 3.32. The van der Waals surface area contributed by atoms with Crippen molar-refractivity contribution in [2.24, 2.45) is 0 Å². The summed E-state index contributed by atoms with van der Waals surface area (Å²) in [6.45, 7) is 0.361. The van der Waals surface area contributed by atoms with E-state index in [1.54, 1.807) is 36.2 Å². The number of carbonyl (C=O) groups is 2. The largest absolute Gasteiger partial charge is 0.481 e. The van der Waals surface area contributed by atoms with Crippen LogP contribution in [-0.4, -0.2) is 65.5 Å². The van der Waals surface area contributed by atoms with Gasteiger partial charge in [0.25, 0.3) is 11.8 Å². The van der Waals surface area contributed by atoms with Crippen LogP contribution in [0.2, 0.25) is 0 Å². The molecule has 1 atom stereocenters. The van der Waals surface area contributed by atoms with E-state index in [1.165, 1.54) is 20.4 Å². The molecule has 0 radical (unpaired) electrons. The van der Waals surface area contributed by atoms with Gasteiger partial charge in [-0.25, -0.2) is 9.97 Å². The summed E-state index contributed by atoms with van der Waals surface area (Å²) in [5.41, 5.74) is 1.60. The van der Waals surface area contributed by atoms with E-state index in [-0.39, 0.29) is 35.3 Å². The predicted octanol–water partition coefficient (Wildman–Crippen LogP) is 2.39. The van der Waals surface area contributed by atoms with Gasteiger partial charge in [-0.1, -0.05) is 36.4 Å². The van der Waals surface area contributed by atoms with Crippen molar-refractivity contribution in [2.45, 2.75) is 18.9 Å². The van der Waals surface area contributed by atoms with Gasteiger partial charge in [0.2, 0.25) is 5.88 Å². The fraction of sp³-hybridized carbons (Fsp3) is 0.292. The number of carbonyl (C=O) groups excluding carboxylic acids is 2. The van der Waals surface area contributed by atoms with Crippen LogP contribution in [0.25, 0.3) is 0 Å². The van der Waals surface area contributed by atoms with Crippen LogP contribution in [0.1, 0.15) is 33.0 Å². The summed E-state index contributed by atoms with van der Waals surface area (Å²) in [7, 11) is 4.68. The minimum atomic E-state index is -0.304. The SMILES string of the molecule is COc1cccc(C(=O)NCC[C@H](Cc2ccccc2)N(C)C(=O)c2ccnc(OC)n2)n1. The molecule has 2 heterocycles. The molecule has 0 aliphatic heterocycles. The summed E-state index contributed by atoms with van der Waals surface area (Å²) in [4.78, 5) is 39.5. The van der Waals surface area contributed by atoms with Crippen LogP contribution >= 0.6 is 0 Å². The number of amides is 2. The number of nitrogens with one attached hydrogen (secondary N) is 1. The van der Waals surface area contributed by atoms with Gasteiger partial charge in [0.15, 0.2) is 0 Å². The van der Waals surface area contributed by atoms with Gasteiger partial charge in [0.05, 0.1) is 14.2 Å². The number of methoxy groups -OCH3 is 2. The maximum atomic E-state index is 13.1. The Morgan fingerprint density at radius 1 is 0.970 bits per heavy atom. The molecule has 2 aromatic heterocycles. The van der Waals surface area contributed by atoms with Crippen molar-refractivity contribution in [3.63, 3.8) is 0 Å². The van der Waals surface area contributed by atoms with E-state index in [1.807, 2.05) is 30.3 Å². The molecule has 2 amide bonds. The zero-order valence-corrected chi connectivity index (χ0v) is 18.9.